The number of rotatable bonds is 5. The normalized spacial score (nSPS) is 32.8. The van der Waals surface area contributed by atoms with Crippen LogP contribution in [-0.2, 0) is 4.74 Å². The lowest BCUT2D eigenvalue weighted by Crippen LogP contribution is -2.44. The van der Waals surface area contributed by atoms with E-state index in [4.69, 9.17) is 4.74 Å². The van der Waals surface area contributed by atoms with Gasteiger partial charge in [-0.3, -0.25) is 4.90 Å². The summed E-state index contributed by atoms with van der Waals surface area (Å²) in [4.78, 5) is 2.62. The Kier molecular flexibility index (Phi) is 5.26. The summed E-state index contributed by atoms with van der Waals surface area (Å²) in [6.07, 6.45) is 7.58. The first-order valence-corrected chi connectivity index (χ1v) is 7.36. The molecule has 0 aromatic carbocycles. The number of ether oxygens (including phenoxy) is 1. The Morgan fingerprint density at radius 2 is 2.00 bits per heavy atom. The largest absolute Gasteiger partial charge is 0.374 e. The van der Waals surface area contributed by atoms with Crippen LogP contribution in [0.4, 0.5) is 0 Å². The molecule has 0 amide bonds. The zero-order chi connectivity index (χ0) is 12.1. The molecule has 2 fully saturated rings. The van der Waals surface area contributed by atoms with E-state index in [1.807, 2.05) is 0 Å². The van der Waals surface area contributed by atoms with Gasteiger partial charge in [0.15, 0.2) is 0 Å². The Bertz CT molecular complexity index is 216. The van der Waals surface area contributed by atoms with Gasteiger partial charge < -0.3 is 10.1 Å². The van der Waals surface area contributed by atoms with E-state index in [9.17, 15) is 0 Å². The molecule has 3 atom stereocenters. The fourth-order valence-electron chi connectivity index (χ4n) is 2.98. The maximum atomic E-state index is 5.81. The molecule has 0 radical (unpaired) electrons. The third kappa shape index (κ3) is 4.23. The van der Waals surface area contributed by atoms with Gasteiger partial charge in [0.25, 0.3) is 0 Å². The topological polar surface area (TPSA) is 24.5 Å². The van der Waals surface area contributed by atoms with Crippen molar-refractivity contribution in [2.75, 3.05) is 26.2 Å². The second-order valence-electron chi connectivity index (χ2n) is 5.75. The fourth-order valence-corrected chi connectivity index (χ4v) is 2.98. The third-order valence-electron chi connectivity index (χ3n) is 4.15. The zero-order valence-corrected chi connectivity index (χ0v) is 11.5. The van der Waals surface area contributed by atoms with Crippen LogP contribution in [0.5, 0.6) is 0 Å². The zero-order valence-electron chi connectivity index (χ0n) is 11.5. The number of piperidine rings is 1. The van der Waals surface area contributed by atoms with Crippen LogP contribution in [0.15, 0.2) is 0 Å². The molecule has 0 spiro atoms. The fraction of sp³-hybridized carbons (Fsp3) is 1.00. The molecule has 3 heteroatoms. The maximum Gasteiger partial charge on any atom is 0.0704 e. The summed E-state index contributed by atoms with van der Waals surface area (Å²) in [5.41, 5.74) is 0. The van der Waals surface area contributed by atoms with E-state index in [1.165, 1.54) is 45.2 Å². The van der Waals surface area contributed by atoms with E-state index in [2.05, 4.69) is 24.1 Å². The number of nitrogens with zero attached hydrogens (tertiary/aromatic N) is 1. The number of hydrogen-bond donors (Lipinski definition) is 1. The maximum absolute atomic E-state index is 5.81. The summed E-state index contributed by atoms with van der Waals surface area (Å²) < 4.78 is 5.81. The van der Waals surface area contributed by atoms with Crippen molar-refractivity contribution >= 4 is 0 Å². The predicted octanol–water partition coefficient (Wildman–Crippen LogP) is 2.02. The summed E-state index contributed by atoms with van der Waals surface area (Å²) in [6, 6.07) is 0.675. The van der Waals surface area contributed by atoms with Crippen molar-refractivity contribution in [2.24, 2.45) is 0 Å². The molecule has 2 rings (SSSR count). The first-order valence-electron chi connectivity index (χ1n) is 7.36. The first kappa shape index (κ1) is 13.3. The predicted molar refractivity (Wildman–Crippen MR) is 71.3 cm³/mol. The molecule has 3 unspecified atom stereocenters. The Labute approximate surface area is 106 Å². The highest BCUT2D eigenvalue weighted by Gasteiger charge is 2.22. The van der Waals surface area contributed by atoms with Gasteiger partial charge in [-0.25, -0.2) is 0 Å². The van der Waals surface area contributed by atoms with Crippen molar-refractivity contribution in [3.05, 3.63) is 0 Å². The number of hydrogen-bond acceptors (Lipinski definition) is 3. The monoisotopic (exact) mass is 240 g/mol. The van der Waals surface area contributed by atoms with Crippen LogP contribution < -0.4 is 5.32 Å². The lowest BCUT2D eigenvalue weighted by atomic mass is 10.1. The minimum absolute atomic E-state index is 0.457. The molecule has 0 bridgehead atoms. The molecule has 2 aliphatic rings. The van der Waals surface area contributed by atoms with Gasteiger partial charge in [0, 0.05) is 19.1 Å². The highest BCUT2D eigenvalue weighted by atomic mass is 16.5. The van der Waals surface area contributed by atoms with Crippen molar-refractivity contribution < 1.29 is 4.74 Å². The standard InChI is InChI=1S/C14H28N2O/c1-12(16-8-4-3-5-9-16)10-15-11-14-7-6-13(2)17-14/h12-15H,3-11H2,1-2H3. The summed E-state index contributed by atoms with van der Waals surface area (Å²) in [5.74, 6) is 0. The highest BCUT2D eigenvalue weighted by Crippen LogP contribution is 2.18. The minimum Gasteiger partial charge on any atom is -0.374 e. The van der Waals surface area contributed by atoms with Crippen molar-refractivity contribution in [3.63, 3.8) is 0 Å². The van der Waals surface area contributed by atoms with Gasteiger partial charge >= 0.3 is 0 Å². The molecular weight excluding hydrogens is 212 g/mol. The third-order valence-corrected chi connectivity index (χ3v) is 4.15. The molecule has 2 heterocycles. The number of nitrogens with one attached hydrogen (secondary N) is 1. The van der Waals surface area contributed by atoms with Crippen molar-refractivity contribution in [2.45, 2.75) is 64.2 Å². The van der Waals surface area contributed by atoms with Gasteiger partial charge in [0.2, 0.25) is 0 Å². The number of likely N-dealkylation sites (tertiary alicyclic amines) is 1. The summed E-state index contributed by atoms with van der Waals surface area (Å²) in [5, 5.41) is 3.58. The van der Waals surface area contributed by atoms with E-state index in [1.54, 1.807) is 0 Å². The second-order valence-corrected chi connectivity index (χ2v) is 5.75. The molecule has 2 aliphatic heterocycles. The van der Waals surface area contributed by atoms with Crippen molar-refractivity contribution in [1.29, 1.82) is 0 Å². The van der Waals surface area contributed by atoms with Gasteiger partial charge in [0.1, 0.15) is 0 Å². The van der Waals surface area contributed by atoms with Crippen molar-refractivity contribution in [3.8, 4) is 0 Å². The Hall–Kier alpha value is -0.120. The van der Waals surface area contributed by atoms with Crippen molar-refractivity contribution in [1.82, 2.24) is 10.2 Å². The smallest absolute Gasteiger partial charge is 0.0704 e. The minimum atomic E-state index is 0.457. The van der Waals surface area contributed by atoms with Crippen LogP contribution in [0, 0.1) is 0 Å². The quantitative estimate of drug-likeness (QED) is 0.795. The lowest BCUT2D eigenvalue weighted by molar-refractivity contribution is 0.0545. The molecule has 0 aliphatic carbocycles. The van der Waals surface area contributed by atoms with Gasteiger partial charge in [0.05, 0.1) is 12.2 Å². The Morgan fingerprint density at radius 3 is 2.65 bits per heavy atom. The van der Waals surface area contributed by atoms with Crippen LogP contribution in [0.25, 0.3) is 0 Å². The van der Waals surface area contributed by atoms with Crippen LogP contribution >= 0.6 is 0 Å². The Balaban J connectivity index is 1.57. The van der Waals surface area contributed by atoms with Crippen LogP contribution in [-0.4, -0.2) is 49.3 Å². The van der Waals surface area contributed by atoms with Gasteiger partial charge in [-0.1, -0.05) is 6.42 Å². The van der Waals surface area contributed by atoms with Crippen LogP contribution in [0.2, 0.25) is 0 Å². The Morgan fingerprint density at radius 1 is 1.24 bits per heavy atom. The van der Waals surface area contributed by atoms with Gasteiger partial charge in [-0.15, -0.1) is 0 Å². The van der Waals surface area contributed by atoms with Crippen LogP contribution in [0.1, 0.15) is 46.0 Å². The SMILES string of the molecule is CC1CCC(CNCC(C)N2CCCCC2)O1. The summed E-state index contributed by atoms with van der Waals surface area (Å²) >= 11 is 0. The molecule has 100 valence electrons. The van der Waals surface area contributed by atoms with E-state index in [0.29, 0.717) is 18.2 Å². The highest BCUT2D eigenvalue weighted by molar-refractivity contribution is 4.76. The molecule has 3 nitrogen and oxygen atoms in total. The first-order chi connectivity index (χ1) is 8.25. The molecule has 0 saturated carbocycles. The molecule has 17 heavy (non-hydrogen) atoms. The molecule has 0 aromatic rings. The summed E-state index contributed by atoms with van der Waals surface area (Å²) in [6.45, 7) is 9.24. The van der Waals surface area contributed by atoms with E-state index < -0.39 is 0 Å². The molecule has 2 saturated heterocycles. The average Bonchev–Trinajstić information content (AvgIpc) is 2.76. The van der Waals surface area contributed by atoms with E-state index in [0.717, 1.165) is 13.1 Å². The van der Waals surface area contributed by atoms with Crippen LogP contribution in [0.3, 0.4) is 0 Å². The van der Waals surface area contributed by atoms with Gasteiger partial charge in [-0.2, -0.15) is 0 Å². The summed E-state index contributed by atoms with van der Waals surface area (Å²) in [7, 11) is 0. The average molecular weight is 240 g/mol. The molecule has 1 N–H and O–H groups in total. The lowest BCUT2D eigenvalue weighted by Gasteiger charge is -2.32. The van der Waals surface area contributed by atoms with E-state index >= 15 is 0 Å². The molecule has 0 aromatic heterocycles. The van der Waals surface area contributed by atoms with E-state index in [-0.39, 0.29) is 0 Å². The molecular formula is C14H28N2O. The second kappa shape index (κ2) is 6.72. The van der Waals surface area contributed by atoms with Gasteiger partial charge in [-0.05, 0) is 52.6 Å².